The van der Waals surface area contributed by atoms with Crippen molar-refractivity contribution in [2.75, 3.05) is 45.8 Å². The SMILES string of the molecule is O=C(O)[C@@H](Cc1cc(F)cc(CN(Cc2cc(F)cc(C[C@H](C(=O)O)[C@H]3CCNC3)c2)CC23C4C5C6C4C2C6(C[C@@H](C(=O)O)[C@H]2CCNC2)C53)c1)[C@H]1CCNC1. The summed E-state index contributed by atoms with van der Waals surface area (Å²) >= 11 is 0. The molecule has 6 saturated carbocycles. The standard InChI is InChI=1S/C44H54F2N4O6/c45-29-9-22(13-31(40(51)52)26-1-4-47-16-26)7-24(11-29)19-50(20-25-8-23(10-30(46)12-25)14-32(41(53)54)27-2-5-48-17-27)21-44-37-34-36-35(37)39(44)43(36,38(34)44)15-33(42(55)56)28-3-6-49-18-28/h7-12,26-28,31-39,47-49H,1-6,13-21H2,(H,51,52)(H,53,54)(H,55,56)/t26-,27-,28-,31-,32-,33+,34?,35?,36?,37?,38?,39?,43?,44?/m0/s1. The molecule has 10 nitrogen and oxygen atoms in total. The quantitative estimate of drug-likeness (QED) is 0.131. The normalized spacial score (nSPS) is 38.1. The van der Waals surface area contributed by atoms with Gasteiger partial charge in [-0.05, 0) is 188 Å². The number of aliphatic carboxylic acids is 3. The molecule has 300 valence electrons. The first-order valence-corrected chi connectivity index (χ1v) is 21.1. The van der Waals surface area contributed by atoms with Gasteiger partial charge in [-0.1, -0.05) is 12.1 Å². The zero-order valence-electron chi connectivity index (χ0n) is 31.8. The highest BCUT2D eigenvalue weighted by Crippen LogP contribution is 3.11. The minimum atomic E-state index is -0.870. The first-order chi connectivity index (χ1) is 27.0. The van der Waals surface area contributed by atoms with Gasteiger partial charge in [0, 0.05) is 19.6 Å². The molecule has 56 heavy (non-hydrogen) atoms. The summed E-state index contributed by atoms with van der Waals surface area (Å²) in [6.45, 7) is 6.01. The van der Waals surface area contributed by atoms with Crippen molar-refractivity contribution in [2.45, 2.75) is 51.6 Å². The van der Waals surface area contributed by atoms with Gasteiger partial charge in [0.25, 0.3) is 0 Å². The Balaban J connectivity index is 0.924. The van der Waals surface area contributed by atoms with E-state index in [1.54, 1.807) is 0 Å². The predicted molar refractivity (Wildman–Crippen MR) is 201 cm³/mol. The highest BCUT2D eigenvalue weighted by Gasteiger charge is 3.09. The molecule has 3 heterocycles. The summed E-state index contributed by atoms with van der Waals surface area (Å²) in [6.07, 6.45) is 3.70. The van der Waals surface area contributed by atoms with Crippen molar-refractivity contribution in [3.63, 3.8) is 0 Å². The first-order valence-electron chi connectivity index (χ1n) is 21.1. The molecule has 0 amide bonds. The van der Waals surface area contributed by atoms with Gasteiger partial charge >= 0.3 is 17.9 Å². The molecular weight excluding hydrogens is 719 g/mol. The molecule has 9 aliphatic rings. The number of nitrogens with one attached hydrogen (secondary N) is 3. The molecule has 6 aliphatic carbocycles. The molecule has 12 heteroatoms. The summed E-state index contributed by atoms with van der Waals surface area (Å²) in [5.74, 6) is -0.990. The Hall–Kier alpha value is -3.45. The van der Waals surface area contributed by atoms with Crippen molar-refractivity contribution in [3.05, 3.63) is 70.3 Å². The van der Waals surface area contributed by atoms with Crippen LogP contribution in [-0.4, -0.2) is 83.9 Å². The number of rotatable bonds is 18. The monoisotopic (exact) mass is 772 g/mol. The van der Waals surface area contributed by atoms with Crippen molar-refractivity contribution in [1.82, 2.24) is 20.9 Å². The van der Waals surface area contributed by atoms with Crippen LogP contribution in [0.1, 0.15) is 47.9 Å². The zero-order valence-corrected chi connectivity index (χ0v) is 31.8. The second kappa shape index (κ2) is 13.6. The molecule has 2 aromatic rings. The van der Waals surface area contributed by atoms with E-state index < -0.39 is 41.4 Å². The number of carboxylic acid groups (broad SMARTS) is 3. The van der Waals surface area contributed by atoms with Gasteiger partial charge < -0.3 is 31.3 Å². The largest absolute Gasteiger partial charge is 0.481 e. The van der Waals surface area contributed by atoms with Crippen LogP contribution in [0.15, 0.2) is 36.4 Å². The smallest absolute Gasteiger partial charge is 0.307 e. The lowest BCUT2D eigenvalue weighted by molar-refractivity contribution is -0.661. The van der Waals surface area contributed by atoms with Crippen molar-refractivity contribution in [2.24, 2.45) is 81.8 Å². The van der Waals surface area contributed by atoms with Crippen LogP contribution in [0.3, 0.4) is 0 Å². The van der Waals surface area contributed by atoms with Gasteiger partial charge in [0.15, 0.2) is 0 Å². The maximum absolute atomic E-state index is 15.4. The fraction of sp³-hybridized carbons (Fsp3) is 0.659. The fourth-order valence-electron chi connectivity index (χ4n) is 15.1. The molecule has 11 rings (SSSR count). The van der Waals surface area contributed by atoms with E-state index in [9.17, 15) is 29.7 Å². The molecule has 9 fully saturated rings. The van der Waals surface area contributed by atoms with Crippen LogP contribution >= 0.6 is 0 Å². The molecular formula is C44H54F2N4O6. The van der Waals surface area contributed by atoms with E-state index >= 15 is 8.78 Å². The maximum atomic E-state index is 15.4. The molecule has 4 unspecified atom stereocenters. The number of nitrogens with zero attached hydrogens (tertiary/aromatic N) is 1. The summed E-state index contributed by atoms with van der Waals surface area (Å²) < 4.78 is 30.8. The van der Waals surface area contributed by atoms with E-state index in [1.807, 2.05) is 12.1 Å². The van der Waals surface area contributed by atoms with Crippen LogP contribution in [0.2, 0.25) is 0 Å². The van der Waals surface area contributed by atoms with E-state index in [4.69, 9.17) is 0 Å². The summed E-state index contributed by atoms with van der Waals surface area (Å²) in [6, 6.07) is 9.83. The van der Waals surface area contributed by atoms with Crippen LogP contribution in [-0.2, 0) is 40.3 Å². The molecule has 0 aromatic heterocycles. The lowest BCUT2D eigenvalue weighted by atomic mass is 8.91. The lowest BCUT2D eigenvalue weighted by Crippen LogP contribution is -3.10. The Bertz CT molecular complexity index is 1820. The molecule has 0 spiro atoms. The number of hydrogen-bond acceptors (Lipinski definition) is 7. The van der Waals surface area contributed by atoms with Gasteiger partial charge in [-0.2, -0.15) is 0 Å². The molecule has 10 atom stereocenters. The summed E-state index contributed by atoms with van der Waals surface area (Å²) in [4.78, 5) is 39.6. The molecule has 0 bridgehead atoms. The molecule has 0 radical (unpaired) electrons. The molecule has 6 N–H and O–H groups in total. The Morgan fingerprint density at radius 3 is 1.45 bits per heavy atom. The average molecular weight is 773 g/mol. The van der Waals surface area contributed by atoms with Crippen LogP contribution in [0.4, 0.5) is 8.78 Å². The highest BCUT2D eigenvalue weighted by atomic mass is 19.1. The van der Waals surface area contributed by atoms with Gasteiger partial charge in [-0.3, -0.25) is 19.3 Å². The summed E-state index contributed by atoms with van der Waals surface area (Å²) in [5, 5.41) is 40.5. The summed E-state index contributed by atoms with van der Waals surface area (Å²) in [5.41, 5.74) is 3.03. The molecule has 3 aliphatic heterocycles. The maximum Gasteiger partial charge on any atom is 0.307 e. The van der Waals surface area contributed by atoms with Crippen molar-refractivity contribution >= 4 is 17.9 Å². The van der Waals surface area contributed by atoms with Crippen LogP contribution in [0, 0.1) is 93.5 Å². The summed E-state index contributed by atoms with van der Waals surface area (Å²) in [7, 11) is 0. The van der Waals surface area contributed by atoms with E-state index in [0.717, 1.165) is 69.5 Å². The third-order valence-electron chi connectivity index (χ3n) is 16.8. The van der Waals surface area contributed by atoms with Crippen molar-refractivity contribution in [3.8, 4) is 0 Å². The third kappa shape index (κ3) is 5.40. The van der Waals surface area contributed by atoms with E-state index in [2.05, 4.69) is 20.9 Å². The van der Waals surface area contributed by atoms with Crippen molar-refractivity contribution < 1.29 is 38.5 Å². The third-order valence-corrected chi connectivity index (χ3v) is 16.8. The zero-order chi connectivity index (χ0) is 38.7. The van der Waals surface area contributed by atoms with Gasteiger partial charge in [-0.15, -0.1) is 0 Å². The first kappa shape index (κ1) is 36.9. The topological polar surface area (TPSA) is 151 Å². The molecule has 3 saturated heterocycles. The Morgan fingerprint density at radius 1 is 0.625 bits per heavy atom. The Morgan fingerprint density at radius 2 is 1.04 bits per heavy atom. The number of benzene rings is 2. The van der Waals surface area contributed by atoms with E-state index in [0.29, 0.717) is 72.8 Å². The van der Waals surface area contributed by atoms with Crippen LogP contribution in [0.5, 0.6) is 0 Å². The fourth-order valence-corrected chi connectivity index (χ4v) is 15.1. The van der Waals surface area contributed by atoms with E-state index in [1.165, 1.54) is 24.3 Å². The Labute approximate surface area is 326 Å². The second-order valence-corrected chi connectivity index (χ2v) is 19.2. The van der Waals surface area contributed by atoms with Gasteiger partial charge in [0.05, 0.1) is 17.8 Å². The number of halogens is 2. The minimum absolute atomic E-state index is 0.0183. The van der Waals surface area contributed by atoms with Gasteiger partial charge in [0.2, 0.25) is 0 Å². The van der Waals surface area contributed by atoms with Gasteiger partial charge in [0.1, 0.15) is 11.6 Å². The molecule has 2 aromatic carbocycles. The van der Waals surface area contributed by atoms with Crippen LogP contribution < -0.4 is 16.0 Å². The number of hydrogen-bond donors (Lipinski definition) is 6. The average Bonchev–Trinajstić information content (AvgIpc) is 3.96. The van der Waals surface area contributed by atoms with Gasteiger partial charge in [-0.25, -0.2) is 8.78 Å². The minimum Gasteiger partial charge on any atom is -0.481 e. The highest BCUT2D eigenvalue weighted by molar-refractivity contribution is 5.72. The van der Waals surface area contributed by atoms with Crippen LogP contribution in [0.25, 0.3) is 0 Å². The second-order valence-electron chi connectivity index (χ2n) is 19.2. The van der Waals surface area contributed by atoms with E-state index in [-0.39, 0.29) is 47.3 Å². The predicted octanol–water partition coefficient (Wildman–Crippen LogP) is 4.11. The number of carboxylic acids is 3. The Kier molecular flexibility index (Phi) is 8.93. The van der Waals surface area contributed by atoms with Crippen molar-refractivity contribution in [1.29, 1.82) is 0 Å². The number of carbonyl (C=O) groups is 3. The lowest BCUT2D eigenvalue weighted by Gasteiger charge is -3.12.